The Morgan fingerprint density at radius 1 is 1.00 bits per heavy atom. The molecule has 0 aromatic heterocycles. The Morgan fingerprint density at radius 3 is 2.46 bits per heavy atom. The third kappa shape index (κ3) is 3.78. The highest BCUT2D eigenvalue weighted by Gasteiger charge is 2.38. The molecule has 4 rings (SSSR count). The lowest BCUT2D eigenvalue weighted by Crippen LogP contribution is -2.52. The zero-order valence-corrected chi connectivity index (χ0v) is 16.4. The third-order valence-electron chi connectivity index (χ3n) is 5.56. The van der Waals surface area contributed by atoms with Crippen LogP contribution in [-0.4, -0.2) is 55.7 Å². The van der Waals surface area contributed by atoms with Gasteiger partial charge in [-0.2, -0.15) is 0 Å². The number of carbonyl (C=O) groups is 1. The van der Waals surface area contributed by atoms with E-state index in [1.807, 2.05) is 41.3 Å². The number of nitrogens with one attached hydrogen (secondary N) is 1. The number of methoxy groups -OCH3 is 2. The highest BCUT2D eigenvalue weighted by molar-refractivity contribution is 5.92. The second kappa shape index (κ2) is 8.10. The summed E-state index contributed by atoms with van der Waals surface area (Å²) in [5.74, 6) is 1.13. The average molecular weight is 381 g/mol. The Hall–Kier alpha value is -2.73. The number of urea groups is 1. The first-order chi connectivity index (χ1) is 13.7. The van der Waals surface area contributed by atoms with Crippen LogP contribution >= 0.6 is 0 Å². The van der Waals surface area contributed by atoms with Gasteiger partial charge in [0.2, 0.25) is 0 Å². The summed E-state index contributed by atoms with van der Waals surface area (Å²) in [5.41, 5.74) is 1.78. The van der Waals surface area contributed by atoms with Crippen LogP contribution in [0.3, 0.4) is 0 Å². The lowest BCUT2D eigenvalue weighted by Gasteiger charge is -2.41. The van der Waals surface area contributed by atoms with Crippen LogP contribution in [-0.2, 0) is 0 Å². The zero-order chi connectivity index (χ0) is 19.5. The van der Waals surface area contributed by atoms with Crippen LogP contribution in [0.5, 0.6) is 11.5 Å². The maximum atomic E-state index is 13.2. The SMILES string of the molecule is COc1cccc(NC(=O)N2CCN(C3CC3)CC2c2ccccc2)c1OC. The van der Waals surface area contributed by atoms with Crippen LogP contribution in [0, 0.1) is 0 Å². The molecule has 2 aromatic rings. The number of para-hydroxylation sites is 1. The summed E-state index contributed by atoms with van der Waals surface area (Å²) in [6.45, 7) is 2.49. The number of piperazine rings is 1. The van der Waals surface area contributed by atoms with Gasteiger partial charge in [0.25, 0.3) is 0 Å². The molecular formula is C22H27N3O3. The molecule has 1 saturated carbocycles. The maximum absolute atomic E-state index is 13.2. The average Bonchev–Trinajstić information content (AvgIpc) is 3.59. The predicted molar refractivity (Wildman–Crippen MR) is 109 cm³/mol. The molecule has 0 spiro atoms. The van der Waals surface area contributed by atoms with Crippen LogP contribution in [0.25, 0.3) is 0 Å². The molecular weight excluding hydrogens is 354 g/mol. The van der Waals surface area contributed by atoms with E-state index in [0.29, 0.717) is 29.8 Å². The van der Waals surface area contributed by atoms with Gasteiger partial charge in [-0.1, -0.05) is 36.4 Å². The van der Waals surface area contributed by atoms with E-state index in [2.05, 4.69) is 22.3 Å². The molecule has 1 aliphatic heterocycles. The highest BCUT2D eigenvalue weighted by Crippen LogP contribution is 2.37. The van der Waals surface area contributed by atoms with Gasteiger partial charge in [-0.05, 0) is 30.5 Å². The van der Waals surface area contributed by atoms with E-state index in [4.69, 9.17) is 9.47 Å². The summed E-state index contributed by atoms with van der Waals surface area (Å²) in [7, 11) is 3.17. The minimum absolute atomic E-state index is 0.0344. The summed E-state index contributed by atoms with van der Waals surface area (Å²) < 4.78 is 10.8. The molecule has 1 heterocycles. The van der Waals surface area contributed by atoms with E-state index in [0.717, 1.165) is 13.1 Å². The Labute approximate surface area is 166 Å². The number of hydrogen-bond donors (Lipinski definition) is 1. The van der Waals surface area contributed by atoms with Crippen molar-refractivity contribution in [3.05, 3.63) is 54.1 Å². The number of ether oxygens (including phenoxy) is 2. The summed E-state index contributed by atoms with van der Waals surface area (Å²) in [5, 5.41) is 3.03. The van der Waals surface area contributed by atoms with E-state index >= 15 is 0 Å². The molecule has 6 nitrogen and oxygen atoms in total. The second-order valence-corrected chi connectivity index (χ2v) is 7.32. The topological polar surface area (TPSA) is 54.0 Å². The van der Waals surface area contributed by atoms with Gasteiger partial charge in [0.1, 0.15) is 0 Å². The normalized spacial score (nSPS) is 19.9. The molecule has 1 unspecified atom stereocenters. The number of hydrogen-bond acceptors (Lipinski definition) is 4. The first-order valence-corrected chi connectivity index (χ1v) is 9.79. The fraction of sp³-hybridized carbons (Fsp3) is 0.409. The summed E-state index contributed by atoms with van der Waals surface area (Å²) >= 11 is 0. The number of nitrogens with zero attached hydrogens (tertiary/aromatic N) is 2. The van der Waals surface area contributed by atoms with Crippen molar-refractivity contribution in [2.75, 3.05) is 39.2 Å². The number of carbonyl (C=O) groups excluding carboxylic acids is 1. The highest BCUT2D eigenvalue weighted by atomic mass is 16.5. The minimum atomic E-state index is -0.115. The summed E-state index contributed by atoms with van der Waals surface area (Å²) in [6, 6.07) is 16.4. The van der Waals surface area contributed by atoms with E-state index in [9.17, 15) is 4.79 Å². The lowest BCUT2D eigenvalue weighted by atomic mass is 10.0. The van der Waals surface area contributed by atoms with Crippen molar-refractivity contribution in [1.29, 1.82) is 0 Å². The van der Waals surface area contributed by atoms with Crippen molar-refractivity contribution in [3.63, 3.8) is 0 Å². The third-order valence-corrected chi connectivity index (χ3v) is 5.56. The van der Waals surface area contributed by atoms with Crippen LogP contribution in [0.2, 0.25) is 0 Å². The van der Waals surface area contributed by atoms with Gasteiger partial charge >= 0.3 is 6.03 Å². The molecule has 148 valence electrons. The smallest absolute Gasteiger partial charge is 0.322 e. The molecule has 1 N–H and O–H groups in total. The molecule has 1 saturated heterocycles. The van der Waals surface area contributed by atoms with E-state index in [-0.39, 0.29) is 12.1 Å². The minimum Gasteiger partial charge on any atom is -0.493 e. The van der Waals surface area contributed by atoms with E-state index in [1.54, 1.807) is 14.2 Å². The van der Waals surface area contributed by atoms with Crippen LogP contribution < -0.4 is 14.8 Å². The van der Waals surface area contributed by atoms with Crippen LogP contribution in [0.15, 0.2) is 48.5 Å². The molecule has 1 atom stereocenters. The van der Waals surface area contributed by atoms with Gasteiger partial charge in [0.15, 0.2) is 11.5 Å². The van der Waals surface area contributed by atoms with Crippen molar-refractivity contribution >= 4 is 11.7 Å². The second-order valence-electron chi connectivity index (χ2n) is 7.32. The fourth-order valence-electron chi connectivity index (χ4n) is 3.95. The van der Waals surface area contributed by atoms with E-state index < -0.39 is 0 Å². The van der Waals surface area contributed by atoms with Gasteiger partial charge in [-0.25, -0.2) is 4.79 Å². The van der Waals surface area contributed by atoms with Gasteiger partial charge < -0.3 is 19.7 Å². The predicted octanol–water partition coefficient (Wildman–Crippen LogP) is 3.76. The van der Waals surface area contributed by atoms with Gasteiger partial charge in [0.05, 0.1) is 25.9 Å². The van der Waals surface area contributed by atoms with Crippen LogP contribution in [0.4, 0.5) is 10.5 Å². The standard InChI is InChI=1S/C22H27N3O3/c1-27-20-10-6-9-18(21(20)28-2)23-22(26)25-14-13-24(17-11-12-17)15-19(25)16-7-4-3-5-8-16/h3-10,17,19H,11-15H2,1-2H3,(H,23,26). The maximum Gasteiger partial charge on any atom is 0.322 e. The van der Waals surface area contributed by atoms with Crippen molar-refractivity contribution in [1.82, 2.24) is 9.80 Å². The Kier molecular flexibility index (Phi) is 5.39. The molecule has 0 bridgehead atoms. The molecule has 2 amide bonds. The first-order valence-electron chi connectivity index (χ1n) is 9.79. The van der Waals surface area contributed by atoms with Crippen molar-refractivity contribution in [2.45, 2.75) is 24.9 Å². The van der Waals surface area contributed by atoms with Crippen molar-refractivity contribution in [2.24, 2.45) is 0 Å². The monoisotopic (exact) mass is 381 g/mol. The van der Waals surface area contributed by atoms with Crippen LogP contribution in [0.1, 0.15) is 24.4 Å². The Morgan fingerprint density at radius 2 is 1.79 bits per heavy atom. The largest absolute Gasteiger partial charge is 0.493 e. The molecule has 1 aliphatic carbocycles. The van der Waals surface area contributed by atoms with Gasteiger partial charge in [-0.15, -0.1) is 0 Å². The number of benzene rings is 2. The van der Waals surface area contributed by atoms with Crippen molar-refractivity contribution in [3.8, 4) is 11.5 Å². The molecule has 28 heavy (non-hydrogen) atoms. The quantitative estimate of drug-likeness (QED) is 0.857. The molecule has 2 aliphatic rings. The number of rotatable bonds is 5. The summed E-state index contributed by atoms with van der Waals surface area (Å²) in [4.78, 5) is 17.7. The summed E-state index contributed by atoms with van der Waals surface area (Å²) in [6.07, 6.45) is 2.55. The van der Waals surface area contributed by atoms with Gasteiger partial charge in [-0.3, -0.25) is 4.90 Å². The Bertz CT molecular complexity index is 823. The fourth-order valence-corrected chi connectivity index (χ4v) is 3.95. The molecule has 6 heteroatoms. The molecule has 0 radical (unpaired) electrons. The number of amides is 2. The van der Waals surface area contributed by atoms with E-state index in [1.165, 1.54) is 18.4 Å². The number of anilines is 1. The lowest BCUT2D eigenvalue weighted by molar-refractivity contribution is 0.0954. The van der Waals surface area contributed by atoms with Gasteiger partial charge in [0, 0.05) is 25.7 Å². The molecule has 2 fully saturated rings. The Balaban J connectivity index is 1.57. The zero-order valence-electron chi connectivity index (χ0n) is 16.4. The molecule has 2 aromatic carbocycles. The first kappa shape index (κ1) is 18.6. The van der Waals surface area contributed by atoms with Crippen molar-refractivity contribution < 1.29 is 14.3 Å².